The largest absolute Gasteiger partial charge is 0.103 e. The Balaban J connectivity index is 2.40. The highest BCUT2D eigenvalue weighted by Gasteiger charge is 2.31. The molecule has 0 aliphatic heterocycles. The molecule has 0 aromatic heterocycles. The molecular weight excluding hydrogens is 144 g/mol. The van der Waals surface area contributed by atoms with E-state index in [1.807, 2.05) is 0 Å². The second-order valence-corrected chi connectivity index (χ2v) is 4.30. The molecule has 0 saturated heterocycles. The molecule has 0 bridgehead atoms. The highest BCUT2D eigenvalue weighted by molar-refractivity contribution is 4.90. The molecule has 0 amide bonds. The van der Waals surface area contributed by atoms with Gasteiger partial charge in [0.1, 0.15) is 0 Å². The number of hydrogen-bond donors (Lipinski definition) is 0. The van der Waals surface area contributed by atoms with E-state index in [-0.39, 0.29) is 0 Å². The SMILES string of the molecule is C=CCC1(CCCC)CCCC1. The average Bonchev–Trinajstić information content (AvgIpc) is 2.51. The van der Waals surface area contributed by atoms with Crippen molar-refractivity contribution in [1.82, 2.24) is 0 Å². The van der Waals surface area contributed by atoms with Crippen molar-refractivity contribution in [3.63, 3.8) is 0 Å². The Hall–Kier alpha value is -0.260. The second kappa shape index (κ2) is 4.69. The van der Waals surface area contributed by atoms with Crippen molar-refractivity contribution in [3.8, 4) is 0 Å². The summed E-state index contributed by atoms with van der Waals surface area (Å²) >= 11 is 0. The average molecular weight is 166 g/mol. The summed E-state index contributed by atoms with van der Waals surface area (Å²) in [5.74, 6) is 0. The maximum Gasteiger partial charge on any atom is -0.0263 e. The molecule has 12 heavy (non-hydrogen) atoms. The highest BCUT2D eigenvalue weighted by Crippen LogP contribution is 2.45. The first-order valence-corrected chi connectivity index (χ1v) is 5.44. The zero-order chi connectivity index (χ0) is 8.86. The maximum absolute atomic E-state index is 3.88. The summed E-state index contributed by atoms with van der Waals surface area (Å²) in [6.45, 7) is 6.17. The summed E-state index contributed by atoms with van der Waals surface area (Å²) in [4.78, 5) is 0. The summed E-state index contributed by atoms with van der Waals surface area (Å²) in [5.41, 5.74) is 0.678. The molecule has 1 aliphatic carbocycles. The third-order valence-corrected chi connectivity index (χ3v) is 3.30. The molecule has 1 rings (SSSR count). The van der Waals surface area contributed by atoms with Crippen LogP contribution in [0.15, 0.2) is 12.7 Å². The molecule has 1 saturated carbocycles. The molecule has 0 aromatic rings. The number of allylic oxidation sites excluding steroid dienone is 1. The van der Waals surface area contributed by atoms with E-state index < -0.39 is 0 Å². The Morgan fingerprint density at radius 2 is 2.00 bits per heavy atom. The summed E-state index contributed by atoms with van der Waals surface area (Å²) in [5, 5.41) is 0. The lowest BCUT2D eigenvalue weighted by molar-refractivity contribution is 0.266. The van der Waals surface area contributed by atoms with E-state index in [1.54, 1.807) is 0 Å². The van der Waals surface area contributed by atoms with E-state index >= 15 is 0 Å². The van der Waals surface area contributed by atoms with Gasteiger partial charge in [-0.1, -0.05) is 38.7 Å². The molecule has 1 aliphatic rings. The van der Waals surface area contributed by atoms with Crippen LogP contribution in [0.25, 0.3) is 0 Å². The van der Waals surface area contributed by atoms with Gasteiger partial charge >= 0.3 is 0 Å². The van der Waals surface area contributed by atoms with Crippen molar-refractivity contribution in [2.24, 2.45) is 5.41 Å². The van der Waals surface area contributed by atoms with Crippen LogP contribution in [0, 0.1) is 5.41 Å². The van der Waals surface area contributed by atoms with Gasteiger partial charge in [0.05, 0.1) is 0 Å². The van der Waals surface area contributed by atoms with E-state index in [4.69, 9.17) is 0 Å². The molecule has 0 unspecified atom stereocenters. The number of unbranched alkanes of at least 4 members (excludes halogenated alkanes) is 1. The van der Waals surface area contributed by atoms with E-state index in [0.29, 0.717) is 5.41 Å². The highest BCUT2D eigenvalue weighted by atomic mass is 14.4. The van der Waals surface area contributed by atoms with Crippen LogP contribution in [0.5, 0.6) is 0 Å². The van der Waals surface area contributed by atoms with Gasteiger partial charge in [0.15, 0.2) is 0 Å². The first kappa shape index (κ1) is 9.83. The minimum absolute atomic E-state index is 0.678. The van der Waals surface area contributed by atoms with Gasteiger partial charge in [0.2, 0.25) is 0 Å². The van der Waals surface area contributed by atoms with Gasteiger partial charge in [-0.3, -0.25) is 0 Å². The van der Waals surface area contributed by atoms with Crippen LogP contribution in [0.4, 0.5) is 0 Å². The van der Waals surface area contributed by atoms with Crippen LogP contribution in [-0.4, -0.2) is 0 Å². The van der Waals surface area contributed by atoms with Crippen LogP contribution < -0.4 is 0 Å². The zero-order valence-electron chi connectivity index (χ0n) is 8.44. The van der Waals surface area contributed by atoms with Gasteiger partial charge in [-0.25, -0.2) is 0 Å². The first-order valence-electron chi connectivity index (χ1n) is 5.44. The van der Waals surface area contributed by atoms with Gasteiger partial charge in [0, 0.05) is 0 Å². The van der Waals surface area contributed by atoms with Gasteiger partial charge in [-0.05, 0) is 31.1 Å². The molecule has 0 spiro atoms. The molecule has 0 atom stereocenters. The molecule has 70 valence electrons. The Bertz CT molecular complexity index is 129. The van der Waals surface area contributed by atoms with Crippen molar-refractivity contribution < 1.29 is 0 Å². The summed E-state index contributed by atoms with van der Waals surface area (Å²) in [6, 6.07) is 0. The van der Waals surface area contributed by atoms with Crippen LogP contribution in [0.2, 0.25) is 0 Å². The third-order valence-electron chi connectivity index (χ3n) is 3.30. The Labute approximate surface area is 77.1 Å². The monoisotopic (exact) mass is 166 g/mol. The predicted octanol–water partition coefficient (Wildman–Crippen LogP) is 4.31. The van der Waals surface area contributed by atoms with Crippen LogP contribution in [0.3, 0.4) is 0 Å². The van der Waals surface area contributed by atoms with E-state index in [0.717, 1.165) is 0 Å². The topological polar surface area (TPSA) is 0 Å². The van der Waals surface area contributed by atoms with Crippen molar-refractivity contribution in [1.29, 1.82) is 0 Å². The van der Waals surface area contributed by atoms with Crippen molar-refractivity contribution in [2.45, 2.75) is 58.3 Å². The van der Waals surface area contributed by atoms with Gasteiger partial charge in [0.25, 0.3) is 0 Å². The fourth-order valence-corrected chi connectivity index (χ4v) is 2.54. The van der Waals surface area contributed by atoms with E-state index in [9.17, 15) is 0 Å². The summed E-state index contributed by atoms with van der Waals surface area (Å²) < 4.78 is 0. The lowest BCUT2D eigenvalue weighted by Gasteiger charge is -2.27. The second-order valence-electron chi connectivity index (χ2n) is 4.30. The lowest BCUT2D eigenvalue weighted by Crippen LogP contribution is -2.14. The van der Waals surface area contributed by atoms with Crippen LogP contribution in [0.1, 0.15) is 58.3 Å². The zero-order valence-corrected chi connectivity index (χ0v) is 8.44. The predicted molar refractivity (Wildman–Crippen MR) is 55.2 cm³/mol. The quantitative estimate of drug-likeness (QED) is 0.534. The van der Waals surface area contributed by atoms with Crippen LogP contribution >= 0.6 is 0 Å². The fraction of sp³-hybridized carbons (Fsp3) is 0.833. The van der Waals surface area contributed by atoms with Gasteiger partial charge in [-0.2, -0.15) is 0 Å². The standard InChI is InChI=1S/C12H22/c1-3-5-9-12(8-4-2)10-6-7-11-12/h4H,2-3,5-11H2,1H3. The molecule has 0 N–H and O–H groups in total. The Morgan fingerprint density at radius 3 is 2.50 bits per heavy atom. The molecule has 0 nitrogen and oxygen atoms in total. The van der Waals surface area contributed by atoms with Crippen molar-refractivity contribution >= 4 is 0 Å². The van der Waals surface area contributed by atoms with E-state index in [1.165, 1.54) is 51.4 Å². The minimum Gasteiger partial charge on any atom is -0.103 e. The Kier molecular flexibility index (Phi) is 3.84. The van der Waals surface area contributed by atoms with Gasteiger partial charge in [-0.15, -0.1) is 6.58 Å². The molecule has 0 heteroatoms. The molecule has 0 aromatic carbocycles. The summed E-state index contributed by atoms with van der Waals surface area (Å²) in [7, 11) is 0. The molecule has 0 radical (unpaired) electrons. The minimum atomic E-state index is 0.678. The van der Waals surface area contributed by atoms with Crippen molar-refractivity contribution in [3.05, 3.63) is 12.7 Å². The fourth-order valence-electron chi connectivity index (χ4n) is 2.54. The Morgan fingerprint density at radius 1 is 1.33 bits per heavy atom. The molecule has 1 fully saturated rings. The smallest absolute Gasteiger partial charge is 0.0263 e. The lowest BCUT2D eigenvalue weighted by atomic mass is 9.78. The normalized spacial score (nSPS) is 21.1. The van der Waals surface area contributed by atoms with Gasteiger partial charge < -0.3 is 0 Å². The molecular formula is C12H22. The van der Waals surface area contributed by atoms with Crippen LogP contribution in [-0.2, 0) is 0 Å². The number of hydrogen-bond acceptors (Lipinski definition) is 0. The summed E-state index contributed by atoms with van der Waals surface area (Å²) in [6.07, 6.45) is 13.4. The van der Waals surface area contributed by atoms with E-state index in [2.05, 4.69) is 19.6 Å². The number of rotatable bonds is 5. The van der Waals surface area contributed by atoms with Crippen molar-refractivity contribution in [2.75, 3.05) is 0 Å². The maximum atomic E-state index is 3.88. The third kappa shape index (κ3) is 2.36. The first-order chi connectivity index (χ1) is 5.83. The molecule has 0 heterocycles.